The van der Waals surface area contributed by atoms with Crippen molar-refractivity contribution in [1.29, 1.82) is 0 Å². The first-order valence-corrected chi connectivity index (χ1v) is 4.65. The molecule has 1 rings (SSSR count). The fourth-order valence-corrected chi connectivity index (χ4v) is 1.29. The summed E-state index contributed by atoms with van der Waals surface area (Å²) in [6, 6.07) is 4.73. The summed E-state index contributed by atoms with van der Waals surface area (Å²) in [7, 11) is 1.71. The maximum absolute atomic E-state index is 10.7. The molecule has 1 aromatic heterocycles. The molecule has 1 amide bonds. The van der Waals surface area contributed by atoms with E-state index < -0.39 is 11.9 Å². The number of carbonyl (C=O) groups is 2. The van der Waals surface area contributed by atoms with Gasteiger partial charge in [0.25, 0.3) is 0 Å². The molecule has 0 aliphatic carbocycles. The molecule has 0 aromatic carbocycles. The predicted molar refractivity (Wildman–Crippen MR) is 56.7 cm³/mol. The van der Waals surface area contributed by atoms with Crippen molar-refractivity contribution in [2.24, 2.45) is 5.73 Å². The van der Waals surface area contributed by atoms with Crippen LogP contribution in [0, 0.1) is 0 Å². The van der Waals surface area contributed by atoms with Crippen molar-refractivity contribution in [3.05, 3.63) is 29.6 Å². The number of likely N-dealkylation sites (N-methyl/N-ethyl adjacent to an activating group) is 1. The fourth-order valence-electron chi connectivity index (χ4n) is 1.29. The molecule has 0 radical (unpaired) electrons. The lowest BCUT2D eigenvalue weighted by Crippen LogP contribution is -2.30. The first-order valence-electron chi connectivity index (χ1n) is 4.65. The number of aromatic nitrogens is 1. The number of carboxylic acids is 1. The van der Waals surface area contributed by atoms with E-state index >= 15 is 0 Å². The lowest BCUT2D eigenvalue weighted by atomic mass is 10.3. The molecule has 86 valence electrons. The van der Waals surface area contributed by atoms with Crippen LogP contribution in [0.5, 0.6) is 0 Å². The van der Waals surface area contributed by atoms with Crippen LogP contribution in [-0.2, 0) is 11.3 Å². The van der Waals surface area contributed by atoms with Gasteiger partial charge in [0.1, 0.15) is 5.69 Å². The predicted octanol–water partition coefficient (Wildman–Crippen LogP) is -0.303. The van der Waals surface area contributed by atoms with E-state index in [1.54, 1.807) is 24.1 Å². The smallest absolute Gasteiger partial charge is 0.354 e. The summed E-state index contributed by atoms with van der Waals surface area (Å²) >= 11 is 0. The minimum absolute atomic E-state index is 0.00928. The summed E-state index contributed by atoms with van der Waals surface area (Å²) in [4.78, 5) is 26.9. The van der Waals surface area contributed by atoms with Gasteiger partial charge in [-0.15, -0.1) is 0 Å². The Hall–Kier alpha value is -1.95. The van der Waals surface area contributed by atoms with Gasteiger partial charge in [0.05, 0.1) is 12.2 Å². The van der Waals surface area contributed by atoms with Gasteiger partial charge in [0.2, 0.25) is 5.91 Å². The Balaban J connectivity index is 2.70. The van der Waals surface area contributed by atoms with Crippen LogP contribution in [-0.4, -0.2) is 40.5 Å². The van der Waals surface area contributed by atoms with E-state index in [4.69, 9.17) is 10.8 Å². The van der Waals surface area contributed by atoms with Crippen molar-refractivity contribution >= 4 is 11.9 Å². The fraction of sp³-hybridized carbons (Fsp3) is 0.300. The Labute approximate surface area is 92.7 Å². The molecule has 0 saturated heterocycles. The second kappa shape index (κ2) is 5.22. The molecule has 0 atom stereocenters. The van der Waals surface area contributed by atoms with Crippen molar-refractivity contribution in [3.63, 3.8) is 0 Å². The van der Waals surface area contributed by atoms with Gasteiger partial charge in [-0.1, -0.05) is 6.07 Å². The third kappa shape index (κ3) is 3.66. The van der Waals surface area contributed by atoms with Crippen molar-refractivity contribution in [1.82, 2.24) is 9.88 Å². The lowest BCUT2D eigenvalue weighted by molar-refractivity contribution is -0.118. The Morgan fingerprint density at radius 3 is 2.75 bits per heavy atom. The first kappa shape index (κ1) is 12.1. The number of primary amides is 1. The van der Waals surface area contributed by atoms with Crippen molar-refractivity contribution in [2.75, 3.05) is 13.6 Å². The number of nitrogens with zero attached hydrogens (tertiary/aromatic N) is 2. The molecule has 6 heteroatoms. The number of aromatic carboxylic acids is 1. The summed E-state index contributed by atoms with van der Waals surface area (Å²) in [5, 5.41) is 8.74. The van der Waals surface area contributed by atoms with Crippen LogP contribution in [0.2, 0.25) is 0 Å². The highest BCUT2D eigenvalue weighted by Gasteiger charge is 2.08. The highest BCUT2D eigenvalue weighted by molar-refractivity contribution is 5.85. The molecule has 6 nitrogen and oxygen atoms in total. The molecule has 1 heterocycles. The third-order valence-corrected chi connectivity index (χ3v) is 1.88. The maximum Gasteiger partial charge on any atom is 0.354 e. The van der Waals surface area contributed by atoms with Gasteiger partial charge in [0, 0.05) is 6.54 Å². The highest BCUT2D eigenvalue weighted by atomic mass is 16.4. The molecular formula is C10H13N3O3. The minimum atomic E-state index is -1.07. The van der Waals surface area contributed by atoms with Crippen LogP contribution < -0.4 is 5.73 Å². The van der Waals surface area contributed by atoms with Crippen LogP contribution in [0.1, 0.15) is 16.2 Å². The molecule has 0 spiro atoms. The van der Waals surface area contributed by atoms with Crippen LogP contribution in [0.3, 0.4) is 0 Å². The standard InChI is InChI=1S/C10H13N3O3/c1-13(6-9(11)14)5-7-3-2-4-8(12-7)10(15)16/h2-4H,5-6H2,1H3,(H2,11,14)(H,15,16). The number of hydrogen-bond acceptors (Lipinski definition) is 4. The molecule has 0 fully saturated rings. The first-order chi connectivity index (χ1) is 7.49. The van der Waals surface area contributed by atoms with Gasteiger partial charge < -0.3 is 10.8 Å². The van der Waals surface area contributed by atoms with Gasteiger partial charge >= 0.3 is 5.97 Å². The zero-order chi connectivity index (χ0) is 12.1. The van der Waals surface area contributed by atoms with E-state index in [1.165, 1.54) is 6.07 Å². The number of rotatable bonds is 5. The summed E-state index contributed by atoms with van der Waals surface area (Å²) in [5.41, 5.74) is 5.61. The van der Waals surface area contributed by atoms with E-state index in [2.05, 4.69) is 4.98 Å². The summed E-state index contributed by atoms with van der Waals surface area (Å²) in [6.07, 6.45) is 0. The number of carboxylic acid groups (broad SMARTS) is 1. The van der Waals surface area contributed by atoms with E-state index in [1.807, 2.05) is 0 Å². The molecule has 0 bridgehead atoms. The zero-order valence-electron chi connectivity index (χ0n) is 8.88. The van der Waals surface area contributed by atoms with Gasteiger partial charge in [0.15, 0.2) is 0 Å². The highest BCUT2D eigenvalue weighted by Crippen LogP contribution is 2.02. The molecule has 0 unspecified atom stereocenters. The molecule has 3 N–H and O–H groups in total. The van der Waals surface area contributed by atoms with Crippen molar-refractivity contribution in [2.45, 2.75) is 6.54 Å². The normalized spacial score (nSPS) is 10.4. The van der Waals surface area contributed by atoms with Crippen LogP contribution in [0.4, 0.5) is 0 Å². The van der Waals surface area contributed by atoms with Gasteiger partial charge in [-0.3, -0.25) is 9.69 Å². The molecule has 16 heavy (non-hydrogen) atoms. The van der Waals surface area contributed by atoms with E-state index in [0.717, 1.165) is 0 Å². The zero-order valence-corrected chi connectivity index (χ0v) is 8.88. The maximum atomic E-state index is 10.7. The van der Waals surface area contributed by atoms with Crippen LogP contribution >= 0.6 is 0 Å². The SMILES string of the molecule is CN(CC(N)=O)Cc1cccc(C(=O)O)n1. The summed E-state index contributed by atoms with van der Waals surface area (Å²) in [6.45, 7) is 0.489. The third-order valence-electron chi connectivity index (χ3n) is 1.88. The molecule has 1 aromatic rings. The van der Waals surface area contributed by atoms with Crippen molar-refractivity contribution < 1.29 is 14.7 Å². The van der Waals surface area contributed by atoms with Gasteiger partial charge in [-0.2, -0.15) is 0 Å². The molecule has 0 aliphatic rings. The average Bonchev–Trinajstić information content (AvgIpc) is 2.16. The molecule has 0 saturated carbocycles. The Morgan fingerprint density at radius 1 is 1.50 bits per heavy atom. The number of nitrogens with two attached hydrogens (primary N) is 1. The Kier molecular flexibility index (Phi) is 3.96. The molecule has 0 aliphatic heterocycles. The van der Waals surface area contributed by atoms with Gasteiger partial charge in [-0.05, 0) is 19.2 Å². The van der Waals surface area contributed by atoms with Crippen molar-refractivity contribution in [3.8, 4) is 0 Å². The number of pyridine rings is 1. The summed E-state index contributed by atoms with van der Waals surface area (Å²) in [5.74, 6) is -1.50. The average molecular weight is 223 g/mol. The molecular weight excluding hydrogens is 210 g/mol. The number of hydrogen-bond donors (Lipinski definition) is 2. The monoisotopic (exact) mass is 223 g/mol. The minimum Gasteiger partial charge on any atom is -0.477 e. The van der Waals surface area contributed by atoms with Crippen LogP contribution in [0.25, 0.3) is 0 Å². The number of carbonyl (C=O) groups excluding carboxylic acids is 1. The van der Waals surface area contributed by atoms with E-state index in [9.17, 15) is 9.59 Å². The lowest BCUT2D eigenvalue weighted by Gasteiger charge is -2.13. The quantitative estimate of drug-likeness (QED) is 0.714. The van der Waals surface area contributed by atoms with E-state index in [-0.39, 0.29) is 12.2 Å². The van der Waals surface area contributed by atoms with Gasteiger partial charge in [-0.25, -0.2) is 9.78 Å². The Morgan fingerprint density at radius 2 is 2.19 bits per heavy atom. The largest absolute Gasteiger partial charge is 0.477 e. The topological polar surface area (TPSA) is 96.5 Å². The second-order valence-electron chi connectivity index (χ2n) is 3.46. The Bertz CT molecular complexity index is 406. The second-order valence-corrected chi connectivity index (χ2v) is 3.46. The van der Waals surface area contributed by atoms with Crippen LogP contribution in [0.15, 0.2) is 18.2 Å². The van der Waals surface area contributed by atoms with E-state index in [0.29, 0.717) is 12.2 Å². The number of amides is 1. The summed E-state index contributed by atoms with van der Waals surface area (Å²) < 4.78 is 0.